The van der Waals surface area contributed by atoms with Gasteiger partial charge in [0, 0.05) is 0 Å². The van der Waals surface area contributed by atoms with Crippen molar-refractivity contribution < 1.29 is 23.5 Å². The molecule has 0 saturated carbocycles. The maximum Gasteiger partial charge on any atom is 0.326 e. The summed E-state index contributed by atoms with van der Waals surface area (Å²) in [5, 5.41) is -0.0190. The number of carbonyl (C=O) groups is 1. The van der Waals surface area contributed by atoms with E-state index in [1.54, 1.807) is 0 Å². The molecule has 7 heteroatoms. The predicted octanol–water partition coefficient (Wildman–Crippen LogP) is 3.23. The standard InChI is InChI=1S/C19H28N2O4Si/c1-18(2,3)26(4,5)25-17(19(14-24-19)16(22)11-21-20)13-23-12-15-9-7-6-8-10-15/h6-11,17H,12-14H2,1-5H3/t17-,19-/m0/s1. The molecule has 0 N–H and O–H groups in total. The van der Waals surface area contributed by atoms with E-state index in [1.807, 2.05) is 30.3 Å². The number of carbonyl (C=O) groups excluding carboxylic acids is 1. The van der Waals surface area contributed by atoms with E-state index in [1.165, 1.54) is 0 Å². The van der Waals surface area contributed by atoms with Crippen LogP contribution in [0.3, 0.4) is 0 Å². The predicted molar refractivity (Wildman–Crippen MR) is 102 cm³/mol. The van der Waals surface area contributed by atoms with Gasteiger partial charge in [-0.3, -0.25) is 4.79 Å². The average molecular weight is 377 g/mol. The Morgan fingerprint density at radius 1 is 1.38 bits per heavy atom. The SMILES string of the molecule is CC(C)(C)[Si](C)(C)O[C@@H](COCc1ccccc1)[C@@]1(C(=O)C=[N+]=[N-])CO1. The minimum Gasteiger partial charge on any atom is -0.408 e. The second-order valence-corrected chi connectivity index (χ2v) is 12.9. The largest absolute Gasteiger partial charge is 0.408 e. The molecule has 2 rings (SSSR count). The molecule has 1 aliphatic rings. The number of ether oxygens (including phenoxy) is 2. The number of ketones is 1. The minimum absolute atomic E-state index is 0.0190. The molecule has 0 amide bonds. The molecule has 2 atom stereocenters. The molecule has 142 valence electrons. The summed E-state index contributed by atoms with van der Waals surface area (Å²) in [5.74, 6) is -0.396. The lowest BCUT2D eigenvalue weighted by Crippen LogP contribution is -2.52. The van der Waals surface area contributed by atoms with Gasteiger partial charge in [-0.25, -0.2) is 0 Å². The highest BCUT2D eigenvalue weighted by molar-refractivity contribution is 6.74. The Hall–Kier alpha value is -1.63. The summed E-state index contributed by atoms with van der Waals surface area (Å²) >= 11 is 0. The van der Waals surface area contributed by atoms with Gasteiger partial charge in [0.1, 0.15) is 6.10 Å². The van der Waals surface area contributed by atoms with Crippen molar-refractivity contribution in [3.63, 3.8) is 0 Å². The second-order valence-electron chi connectivity index (χ2n) is 8.15. The van der Waals surface area contributed by atoms with Gasteiger partial charge in [-0.05, 0) is 23.7 Å². The van der Waals surface area contributed by atoms with Gasteiger partial charge < -0.3 is 19.4 Å². The zero-order valence-electron chi connectivity index (χ0n) is 16.2. The summed E-state index contributed by atoms with van der Waals surface area (Å²) in [6.07, 6.45) is 0.337. The molecule has 1 heterocycles. The quantitative estimate of drug-likeness (QED) is 0.218. The van der Waals surface area contributed by atoms with Crippen LogP contribution >= 0.6 is 0 Å². The van der Waals surface area contributed by atoms with Crippen molar-refractivity contribution in [3.8, 4) is 0 Å². The number of hydrogen-bond donors (Lipinski definition) is 0. The number of rotatable bonds is 9. The first-order valence-corrected chi connectivity index (χ1v) is 11.7. The summed E-state index contributed by atoms with van der Waals surface area (Å²) in [6, 6.07) is 9.82. The van der Waals surface area contributed by atoms with Crippen LogP contribution in [0.4, 0.5) is 0 Å². The summed E-state index contributed by atoms with van der Waals surface area (Å²) < 4.78 is 17.8. The molecule has 0 aliphatic carbocycles. The van der Waals surface area contributed by atoms with Crippen LogP contribution in [-0.4, -0.2) is 50.0 Å². The van der Waals surface area contributed by atoms with Crippen LogP contribution < -0.4 is 0 Å². The molecule has 0 radical (unpaired) electrons. The van der Waals surface area contributed by atoms with Crippen LogP contribution in [0.25, 0.3) is 5.53 Å². The van der Waals surface area contributed by atoms with Gasteiger partial charge in [0.2, 0.25) is 0 Å². The molecule has 0 aromatic heterocycles. The van der Waals surface area contributed by atoms with Gasteiger partial charge in [-0.15, -0.1) is 0 Å². The molecule has 1 fully saturated rings. The van der Waals surface area contributed by atoms with Gasteiger partial charge in [-0.2, -0.15) is 4.79 Å². The summed E-state index contributed by atoms with van der Waals surface area (Å²) in [4.78, 5) is 15.2. The fraction of sp³-hybridized carbons (Fsp3) is 0.579. The van der Waals surface area contributed by atoms with E-state index < -0.39 is 25.8 Å². The van der Waals surface area contributed by atoms with E-state index in [4.69, 9.17) is 19.4 Å². The molecular weight excluding hydrogens is 348 g/mol. The molecule has 1 aromatic rings. The highest BCUT2D eigenvalue weighted by Crippen LogP contribution is 2.42. The normalized spacial score (nSPS) is 21.0. The van der Waals surface area contributed by atoms with Crippen molar-refractivity contribution in [1.82, 2.24) is 0 Å². The Balaban J connectivity index is 2.14. The maximum atomic E-state index is 12.4. The van der Waals surface area contributed by atoms with E-state index in [-0.39, 0.29) is 18.3 Å². The molecular formula is C19H28N2O4Si. The first-order valence-electron chi connectivity index (χ1n) is 8.78. The first kappa shape index (κ1) is 20.7. The fourth-order valence-corrected chi connectivity index (χ4v) is 3.70. The number of hydrogen-bond acceptors (Lipinski definition) is 4. The third kappa shape index (κ3) is 4.75. The van der Waals surface area contributed by atoms with Gasteiger partial charge in [0.05, 0.1) is 19.8 Å². The molecule has 1 aromatic carbocycles. The Morgan fingerprint density at radius 3 is 2.50 bits per heavy atom. The highest BCUT2D eigenvalue weighted by atomic mass is 28.4. The lowest BCUT2D eigenvalue weighted by molar-refractivity contribution is -0.126. The molecule has 26 heavy (non-hydrogen) atoms. The summed E-state index contributed by atoms with van der Waals surface area (Å²) in [7, 11) is -2.16. The van der Waals surface area contributed by atoms with Gasteiger partial charge in [0.25, 0.3) is 5.78 Å². The molecule has 0 unspecified atom stereocenters. The van der Waals surface area contributed by atoms with Crippen LogP contribution in [0.1, 0.15) is 26.3 Å². The monoisotopic (exact) mass is 376 g/mol. The number of Topliss-reactive ketones (excluding diaryl/α,β-unsaturated/α-hetero) is 1. The van der Waals surface area contributed by atoms with Crippen LogP contribution in [-0.2, 0) is 25.3 Å². The molecule has 0 spiro atoms. The van der Waals surface area contributed by atoms with Crippen molar-refractivity contribution in [1.29, 1.82) is 0 Å². The van der Waals surface area contributed by atoms with E-state index >= 15 is 0 Å². The third-order valence-electron chi connectivity index (χ3n) is 5.19. The number of nitrogens with zero attached hydrogens (tertiary/aromatic N) is 2. The Labute approximate surface area is 156 Å². The Bertz CT molecular complexity index is 675. The second kappa shape index (κ2) is 7.94. The lowest BCUT2D eigenvalue weighted by Gasteiger charge is -2.40. The van der Waals surface area contributed by atoms with Crippen LogP contribution in [0.15, 0.2) is 30.3 Å². The van der Waals surface area contributed by atoms with Crippen molar-refractivity contribution in [3.05, 3.63) is 41.4 Å². The maximum absolute atomic E-state index is 12.4. The molecule has 0 bridgehead atoms. The van der Waals surface area contributed by atoms with Crippen LogP contribution in [0.5, 0.6) is 0 Å². The van der Waals surface area contributed by atoms with Crippen molar-refractivity contribution >= 4 is 20.3 Å². The Kier molecular flexibility index (Phi) is 6.32. The summed E-state index contributed by atoms with van der Waals surface area (Å²) in [6.45, 7) is 11.6. The fourth-order valence-electron chi connectivity index (χ4n) is 2.38. The third-order valence-corrected chi connectivity index (χ3v) is 9.68. The van der Waals surface area contributed by atoms with Crippen molar-refractivity contribution in [2.75, 3.05) is 13.2 Å². The number of epoxide rings is 1. The summed E-state index contributed by atoms with van der Waals surface area (Å²) in [5.41, 5.74) is 8.66. The van der Waals surface area contributed by atoms with E-state index in [0.717, 1.165) is 11.8 Å². The van der Waals surface area contributed by atoms with Gasteiger partial charge in [0.15, 0.2) is 13.9 Å². The molecule has 1 saturated heterocycles. The topological polar surface area (TPSA) is 84.5 Å². The Morgan fingerprint density at radius 2 is 2.00 bits per heavy atom. The van der Waals surface area contributed by atoms with Crippen LogP contribution in [0.2, 0.25) is 18.1 Å². The van der Waals surface area contributed by atoms with E-state index in [0.29, 0.717) is 6.61 Å². The van der Waals surface area contributed by atoms with Gasteiger partial charge >= 0.3 is 6.21 Å². The average Bonchev–Trinajstić information content (AvgIpc) is 3.36. The van der Waals surface area contributed by atoms with Crippen LogP contribution in [0, 0.1) is 0 Å². The van der Waals surface area contributed by atoms with Gasteiger partial charge in [-0.1, -0.05) is 51.1 Å². The smallest absolute Gasteiger partial charge is 0.326 e. The molecule has 6 nitrogen and oxygen atoms in total. The van der Waals surface area contributed by atoms with E-state index in [9.17, 15) is 4.79 Å². The minimum atomic E-state index is -2.16. The zero-order valence-corrected chi connectivity index (χ0v) is 17.2. The van der Waals surface area contributed by atoms with Crippen molar-refractivity contribution in [2.24, 2.45) is 0 Å². The van der Waals surface area contributed by atoms with E-state index in [2.05, 4.69) is 38.7 Å². The first-order chi connectivity index (χ1) is 12.1. The van der Waals surface area contributed by atoms with Crippen molar-refractivity contribution in [2.45, 2.75) is 57.2 Å². The zero-order chi connectivity index (χ0) is 19.4. The lowest BCUT2D eigenvalue weighted by atomic mass is 9.99. The number of benzene rings is 1. The molecule has 1 aliphatic heterocycles. The highest BCUT2D eigenvalue weighted by Gasteiger charge is 2.61.